The van der Waals surface area contributed by atoms with Crippen LogP contribution < -0.4 is 10.2 Å². The molecule has 0 radical (unpaired) electrons. The number of nitrogens with zero attached hydrogens (tertiary/aromatic N) is 3. The summed E-state index contributed by atoms with van der Waals surface area (Å²) < 4.78 is 5.36. The number of hydrogen-bond donors (Lipinski definition) is 1. The summed E-state index contributed by atoms with van der Waals surface area (Å²) in [6, 6.07) is 3.36. The fraction of sp³-hybridized carbons (Fsp3) is 0.632. The van der Waals surface area contributed by atoms with Gasteiger partial charge in [0.1, 0.15) is 11.9 Å². The number of amides is 2. The van der Waals surface area contributed by atoms with Crippen molar-refractivity contribution in [2.75, 3.05) is 43.1 Å². The van der Waals surface area contributed by atoms with Crippen molar-refractivity contribution >= 4 is 23.3 Å². The Labute approximate surface area is 154 Å². The Balaban J connectivity index is 1.63. The van der Waals surface area contributed by atoms with E-state index in [2.05, 4.69) is 15.2 Å². The third kappa shape index (κ3) is 4.15. The van der Waals surface area contributed by atoms with Gasteiger partial charge in [-0.05, 0) is 25.0 Å². The van der Waals surface area contributed by atoms with Crippen LogP contribution in [0, 0.1) is 5.41 Å². The highest BCUT2D eigenvalue weighted by atomic mass is 16.5. The summed E-state index contributed by atoms with van der Waals surface area (Å²) >= 11 is 0. The number of rotatable bonds is 3. The largest absolute Gasteiger partial charge is 0.378 e. The zero-order valence-electron chi connectivity index (χ0n) is 15.8. The molecule has 2 amide bonds. The van der Waals surface area contributed by atoms with Gasteiger partial charge >= 0.3 is 0 Å². The van der Waals surface area contributed by atoms with Crippen LogP contribution in [-0.2, 0) is 14.3 Å². The topological polar surface area (TPSA) is 74.8 Å². The Bertz CT molecular complexity index is 648. The molecule has 0 bridgehead atoms. The molecular formula is C19H28N4O3. The minimum absolute atomic E-state index is 0.0192. The van der Waals surface area contributed by atoms with E-state index in [0.717, 1.165) is 38.4 Å². The van der Waals surface area contributed by atoms with Crippen molar-refractivity contribution in [3.05, 3.63) is 18.3 Å². The molecule has 1 aromatic heterocycles. The molecule has 3 heterocycles. The summed E-state index contributed by atoms with van der Waals surface area (Å²) in [5, 5.41) is 2.86. The minimum Gasteiger partial charge on any atom is -0.378 e. The Kier molecular flexibility index (Phi) is 5.46. The maximum atomic E-state index is 12.7. The van der Waals surface area contributed by atoms with E-state index in [4.69, 9.17) is 4.74 Å². The number of likely N-dealkylation sites (tertiary alicyclic amines) is 1. The van der Waals surface area contributed by atoms with Gasteiger partial charge in [-0.25, -0.2) is 4.98 Å². The lowest BCUT2D eigenvalue weighted by molar-refractivity contribution is -0.143. The van der Waals surface area contributed by atoms with Crippen molar-refractivity contribution in [1.82, 2.24) is 9.88 Å². The van der Waals surface area contributed by atoms with Gasteiger partial charge in [0.05, 0.1) is 25.1 Å². The summed E-state index contributed by atoms with van der Waals surface area (Å²) in [6.07, 6.45) is 3.32. The molecule has 3 rings (SSSR count). The molecule has 2 aliphatic rings. The van der Waals surface area contributed by atoms with E-state index in [0.29, 0.717) is 18.8 Å². The van der Waals surface area contributed by atoms with Crippen LogP contribution in [0.25, 0.3) is 0 Å². The van der Waals surface area contributed by atoms with Gasteiger partial charge in [0.15, 0.2) is 0 Å². The maximum Gasteiger partial charge on any atom is 0.248 e. The van der Waals surface area contributed by atoms with E-state index in [1.807, 2.05) is 32.9 Å². The molecule has 2 fully saturated rings. The van der Waals surface area contributed by atoms with Gasteiger partial charge in [0.2, 0.25) is 11.8 Å². The van der Waals surface area contributed by atoms with Crippen LogP contribution in [0.1, 0.15) is 33.6 Å². The Morgan fingerprint density at radius 3 is 2.54 bits per heavy atom. The van der Waals surface area contributed by atoms with Crippen molar-refractivity contribution < 1.29 is 14.3 Å². The standard InChI is InChI=1S/C19H28N4O3/c1-19(2,3)18(25)23-8-4-5-15(23)17(24)21-16-7-6-14(13-20-16)22-9-11-26-12-10-22/h6-7,13,15H,4-5,8-12H2,1-3H3,(H,20,21,24)/t15-/m0/s1. The quantitative estimate of drug-likeness (QED) is 0.891. The van der Waals surface area contributed by atoms with Crippen LogP contribution in [0.5, 0.6) is 0 Å². The first kappa shape index (κ1) is 18.6. The monoisotopic (exact) mass is 360 g/mol. The number of hydrogen-bond acceptors (Lipinski definition) is 5. The highest BCUT2D eigenvalue weighted by molar-refractivity contribution is 5.97. The number of ether oxygens (including phenoxy) is 1. The molecule has 7 heteroatoms. The predicted molar refractivity (Wildman–Crippen MR) is 100 cm³/mol. The molecule has 142 valence electrons. The molecule has 26 heavy (non-hydrogen) atoms. The second kappa shape index (κ2) is 7.61. The first-order valence-corrected chi connectivity index (χ1v) is 9.27. The summed E-state index contributed by atoms with van der Waals surface area (Å²) in [6.45, 7) is 9.42. The molecule has 1 N–H and O–H groups in total. The zero-order valence-corrected chi connectivity index (χ0v) is 15.8. The number of aromatic nitrogens is 1. The van der Waals surface area contributed by atoms with E-state index in [1.165, 1.54) is 0 Å². The second-order valence-electron chi connectivity index (χ2n) is 7.90. The normalized spacial score (nSPS) is 21.0. The van der Waals surface area contributed by atoms with Gasteiger partial charge in [0, 0.05) is 25.0 Å². The highest BCUT2D eigenvalue weighted by Gasteiger charge is 2.38. The molecule has 1 aromatic rings. The molecule has 1 atom stereocenters. The summed E-state index contributed by atoms with van der Waals surface area (Å²) in [5.41, 5.74) is 0.540. The number of morpholine rings is 1. The van der Waals surface area contributed by atoms with Gasteiger partial charge in [-0.3, -0.25) is 9.59 Å². The Morgan fingerprint density at radius 1 is 1.19 bits per heavy atom. The van der Waals surface area contributed by atoms with Crippen LogP contribution in [0.15, 0.2) is 18.3 Å². The number of carbonyl (C=O) groups excluding carboxylic acids is 2. The van der Waals surface area contributed by atoms with E-state index >= 15 is 0 Å². The zero-order chi connectivity index (χ0) is 18.7. The number of pyridine rings is 1. The van der Waals surface area contributed by atoms with Gasteiger partial charge < -0.3 is 19.9 Å². The van der Waals surface area contributed by atoms with E-state index < -0.39 is 11.5 Å². The van der Waals surface area contributed by atoms with Gasteiger partial charge in [-0.1, -0.05) is 20.8 Å². The lowest BCUT2D eigenvalue weighted by Gasteiger charge is -2.30. The van der Waals surface area contributed by atoms with E-state index in [9.17, 15) is 9.59 Å². The van der Waals surface area contributed by atoms with Crippen molar-refractivity contribution in [2.24, 2.45) is 5.41 Å². The molecule has 0 unspecified atom stereocenters. The highest BCUT2D eigenvalue weighted by Crippen LogP contribution is 2.26. The van der Waals surface area contributed by atoms with Gasteiger partial charge in [-0.15, -0.1) is 0 Å². The molecule has 2 saturated heterocycles. The maximum absolute atomic E-state index is 12.7. The SMILES string of the molecule is CC(C)(C)C(=O)N1CCC[C@H]1C(=O)Nc1ccc(N2CCOCC2)cn1. The first-order valence-electron chi connectivity index (χ1n) is 9.27. The smallest absolute Gasteiger partial charge is 0.248 e. The van der Waals surface area contributed by atoms with Crippen molar-refractivity contribution in [1.29, 1.82) is 0 Å². The van der Waals surface area contributed by atoms with Crippen LogP contribution in [-0.4, -0.2) is 60.6 Å². The fourth-order valence-electron chi connectivity index (χ4n) is 3.39. The number of anilines is 2. The molecular weight excluding hydrogens is 332 g/mol. The van der Waals surface area contributed by atoms with Gasteiger partial charge in [0.25, 0.3) is 0 Å². The second-order valence-corrected chi connectivity index (χ2v) is 7.90. The summed E-state index contributed by atoms with van der Waals surface area (Å²) in [5.74, 6) is 0.375. The molecule has 0 aliphatic carbocycles. The van der Waals surface area contributed by atoms with Gasteiger partial charge in [-0.2, -0.15) is 0 Å². The lowest BCUT2D eigenvalue weighted by Crippen LogP contribution is -2.47. The van der Waals surface area contributed by atoms with Crippen LogP contribution >= 0.6 is 0 Å². The first-order chi connectivity index (χ1) is 12.4. The molecule has 0 spiro atoms. The average molecular weight is 360 g/mol. The predicted octanol–water partition coefficient (Wildman–Crippen LogP) is 1.89. The van der Waals surface area contributed by atoms with Crippen molar-refractivity contribution in [3.8, 4) is 0 Å². The van der Waals surface area contributed by atoms with Crippen LogP contribution in [0.2, 0.25) is 0 Å². The van der Waals surface area contributed by atoms with Crippen molar-refractivity contribution in [3.63, 3.8) is 0 Å². The fourth-order valence-corrected chi connectivity index (χ4v) is 3.39. The van der Waals surface area contributed by atoms with E-state index in [1.54, 1.807) is 11.1 Å². The Hall–Kier alpha value is -2.15. The molecule has 7 nitrogen and oxygen atoms in total. The van der Waals surface area contributed by atoms with Crippen LogP contribution in [0.3, 0.4) is 0 Å². The minimum atomic E-state index is -0.485. The average Bonchev–Trinajstić information content (AvgIpc) is 3.11. The third-order valence-corrected chi connectivity index (χ3v) is 4.83. The number of carbonyl (C=O) groups is 2. The molecule has 0 saturated carbocycles. The van der Waals surface area contributed by atoms with Crippen LogP contribution in [0.4, 0.5) is 11.5 Å². The third-order valence-electron chi connectivity index (χ3n) is 4.83. The number of nitrogens with one attached hydrogen (secondary N) is 1. The lowest BCUT2D eigenvalue weighted by atomic mass is 9.94. The summed E-state index contributed by atoms with van der Waals surface area (Å²) in [4.78, 5) is 33.5. The van der Waals surface area contributed by atoms with Crippen molar-refractivity contribution in [2.45, 2.75) is 39.7 Å². The molecule has 0 aromatic carbocycles. The Morgan fingerprint density at radius 2 is 1.92 bits per heavy atom. The molecule has 2 aliphatic heterocycles. The van der Waals surface area contributed by atoms with E-state index in [-0.39, 0.29) is 11.8 Å². The summed E-state index contributed by atoms with van der Waals surface area (Å²) in [7, 11) is 0.